The molecule has 0 radical (unpaired) electrons. The van der Waals surface area contributed by atoms with Crippen LogP contribution in [0.1, 0.15) is 0 Å². The Hall–Kier alpha value is -1.52. The summed E-state index contributed by atoms with van der Waals surface area (Å²) in [5, 5.41) is 13.5. The van der Waals surface area contributed by atoms with Crippen LogP contribution in [0.2, 0.25) is 0 Å². The van der Waals surface area contributed by atoms with Crippen LogP contribution in [0.5, 0.6) is 5.75 Å². The fourth-order valence-electron chi connectivity index (χ4n) is 1.45. The molecule has 0 unspecified atom stereocenters. The molecule has 2 aromatic rings. The molecule has 2 rings (SSSR count). The lowest BCUT2D eigenvalue weighted by Crippen LogP contribution is -2.09. The van der Waals surface area contributed by atoms with E-state index in [1.54, 1.807) is 23.0 Å². The van der Waals surface area contributed by atoms with E-state index in [0.717, 1.165) is 11.1 Å². The number of aromatic nitrogens is 2. The van der Waals surface area contributed by atoms with Crippen molar-refractivity contribution in [1.82, 2.24) is 9.78 Å². The lowest BCUT2D eigenvalue weighted by molar-refractivity contribution is 0.475. The molecule has 16 heavy (non-hydrogen) atoms. The van der Waals surface area contributed by atoms with E-state index in [1.807, 2.05) is 18.3 Å². The average molecular weight is 240 g/mol. The lowest BCUT2D eigenvalue weighted by atomic mass is 10.1. The summed E-state index contributed by atoms with van der Waals surface area (Å²) in [6.45, 7) is 1.28. The molecule has 0 bridgehead atoms. The molecule has 0 atom stereocenters. The van der Waals surface area contributed by atoms with Crippen molar-refractivity contribution in [2.75, 3.05) is 6.54 Å². The normalized spacial score (nSPS) is 9.81. The van der Waals surface area contributed by atoms with E-state index < -0.39 is 0 Å². The largest absolute Gasteiger partial charge is 0.508 e. The van der Waals surface area contributed by atoms with Gasteiger partial charge >= 0.3 is 0 Å². The number of halogens is 1. The molecule has 0 spiro atoms. The van der Waals surface area contributed by atoms with Crippen molar-refractivity contribution in [3.63, 3.8) is 0 Å². The Balaban J connectivity index is 0.00000128. The fourth-order valence-corrected chi connectivity index (χ4v) is 1.45. The molecule has 0 aliphatic heterocycles. The van der Waals surface area contributed by atoms with Gasteiger partial charge < -0.3 is 10.8 Å². The first-order valence-electron chi connectivity index (χ1n) is 4.81. The molecule has 0 saturated heterocycles. The molecule has 3 N–H and O–H groups in total. The monoisotopic (exact) mass is 239 g/mol. The van der Waals surface area contributed by atoms with Gasteiger partial charge in [0.15, 0.2) is 0 Å². The zero-order valence-corrected chi connectivity index (χ0v) is 9.52. The first-order valence-corrected chi connectivity index (χ1v) is 4.81. The van der Waals surface area contributed by atoms with Crippen molar-refractivity contribution in [2.45, 2.75) is 6.54 Å². The van der Waals surface area contributed by atoms with Crippen molar-refractivity contribution < 1.29 is 5.11 Å². The third kappa shape index (κ3) is 2.74. The van der Waals surface area contributed by atoms with Gasteiger partial charge in [0.2, 0.25) is 0 Å². The van der Waals surface area contributed by atoms with Gasteiger partial charge in [-0.2, -0.15) is 5.10 Å². The molecule has 5 heteroatoms. The maximum atomic E-state index is 9.34. The summed E-state index contributed by atoms with van der Waals surface area (Å²) in [5.41, 5.74) is 7.37. The number of benzene rings is 1. The summed E-state index contributed by atoms with van der Waals surface area (Å²) in [6, 6.07) is 7.10. The number of rotatable bonds is 3. The number of phenolic OH excluding ortho intramolecular Hbond substituents is 1. The van der Waals surface area contributed by atoms with Gasteiger partial charge in [-0.05, 0) is 17.7 Å². The van der Waals surface area contributed by atoms with Crippen molar-refractivity contribution >= 4 is 12.4 Å². The highest BCUT2D eigenvalue weighted by atomic mass is 35.5. The lowest BCUT2D eigenvalue weighted by Gasteiger charge is -1.98. The van der Waals surface area contributed by atoms with Gasteiger partial charge in [0.1, 0.15) is 5.75 Å². The van der Waals surface area contributed by atoms with E-state index >= 15 is 0 Å². The van der Waals surface area contributed by atoms with E-state index in [0.29, 0.717) is 13.1 Å². The van der Waals surface area contributed by atoms with Crippen LogP contribution < -0.4 is 5.73 Å². The van der Waals surface area contributed by atoms with E-state index in [2.05, 4.69) is 5.10 Å². The molecule has 0 saturated carbocycles. The van der Waals surface area contributed by atoms with E-state index in [1.165, 1.54) is 0 Å². The second kappa shape index (κ2) is 5.53. The van der Waals surface area contributed by atoms with E-state index in [4.69, 9.17) is 5.73 Å². The average Bonchev–Trinajstić information content (AvgIpc) is 2.67. The van der Waals surface area contributed by atoms with Crippen LogP contribution >= 0.6 is 12.4 Å². The number of hydrogen-bond donors (Lipinski definition) is 2. The summed E-state index contributed by atoms with van der Waals surface area (Å²) < 4.78 is 1.79. The molecule has 0 fully saturated rings. The smallest absolute Gasteiger partial charge is 0.116 e. The van der Waals surface area contributed by atoms with Crippen molar-refractivity contribution in [2.24, 2.45) is 5.73 Å². The molecule has 86 valence electrons. The Morgan fingerprint density at radius 3 is 2.81 bits per heavy atom. The number of aromatic hydroxyl groups is 1. The SMILES string of the molecule is Cl.NCCn1cc(-c2cccc(O)c2)cn1. The summed E-state index contributed by atoms with van der Waals surface area (Å²) in [6.07, 6.45) is 3.69. The number of hydrogen-bond acceptors (Lipinski definition) is 3. The second-order valence-electron chi connectivity index (χ2n) is 3.33. The fraction of sp³-hybridized carbons (Fsp3) is 0.182. The maximum Gasteiger partial charge on any atom is 0.116 e. The number of nitrogens with two attached hydrogens (primary N) is 1. The van der Waals surface area contributed by atoms with Gasteiger partial charge in [-0.25, -0.2) is 0 Å². The minimum atomic E-state index is 0. The van der Waals surface area contributed by atoms with Crippen LogP contribution in [0.15, 0.2) is 36.7 Å². The van der Waals surface area contributed by atoms with Crippen molar-refractivity contribution in [3.05, 3.63) is 36.7 Å². The number of nitrogens with zero attached hydrogens (tertiary/aromatic N) is 2. The topological polar surface area (TPSA) is 64.1 Å². The highest BCUT2D eigenvalue weighted by Crippen LogP contribution is 2.22. The summed E-state index contributed by atoms with van der Waals surface area (Å²) in [7, 11) is 0. The predicted molar refractivity (Wildman–Crippen MR) is 65.6 cm³/mol. The molecule has 1 aromatic carbocycles. The van der Waals surface area contributed by atoms with Crippen LogP contribution in [0.4, 0.5) is 0 Å². The molecule has 0 aliphatic carbocycles. The van der Waals surface area contributed by atoms with E-state index in [9.17, 15) is 5.11 Å². The molecule has 1 heterocycles. The minimum absolute atomic E-state index is 0. The Morgan fingerprint density at radius 2 is 2.12 bits per heavy atom. The van der Waals surface area contributed by atoms with Crippen LogP contribution in [-0.2, 0) is 6.54 Å². The number of phenols is 1. The third-order valence-electron chi connectivity index (χ3n) is 2.17. The van der Waals surface area contributed by atoms with Gasteiger partial charge in [-0.15, -0.1) is 12.4 Å². The van der Waals surface area contributed by atoms with Crippen molar-refractivity contribution in [3.8, 4) is 16.9 Å². The van der Waals surface area contributed by atoms with Crippen LogP contribution in [0.25, 0.3) is 11.1 Å². The summed E-state index contributed by atoms with van der Waals surface area (Å²) in [5.74, 6) is 0.263. The highest BCUT2D eigenvalue weighted by Gasteiger charge is 2.01. The zero-order valence-electron chi connectivity index (χ0n) is 8.71. The summed E-state index contributed by atoms with van der Waals surface area (Å²) in [4.78, 5) is 0. The van der Waals surface area contributed by atoms with Gasteiger partial charge in [0, 0.05) is 18.3 Å². The Labute approximate surface area is 100 Å². The van der Waals surface area contributed by atoms with Gasteiger partial charge in [-0.1, -0.05) is 12.1 Å². The van der Waals surface area contributed by atoms with Crippen LogP contribution in [0.3, 0.4) is 0 Å². The minimum Gasteiger partial charge on any atom is -0.508 e. The van der Waals surface area contributed by atoms with Crippen LogP contribution in [0, 0.1) is 0 Å². The van der Waals surface area contributed by atoms with Gasteiger partial charge in [0.25, 0.3) is 0 Å². The second-order valence-corrected chi connectivity index (χ2v) is 3.33. The third-order valence-corrected chi connectivity index (χ3v) is 2.17. The first kappa shape index (κ1) is 12.5. The zero-order chi connectivity index (χ0) is 10.7. The quantitative estimate of drug-likeness (QED) is 0.856. The molecule has 4 nitrogen and oxygen atoms in total. The molecule has 0 aliphatic rings. The Morgan fingerprint density at radius 1 is 1.31 bits per heavy atom. The molecule has 0 amide bonds. The molecular formula is C11H14ClN3O. The standard InChI is InChI=1S/C11H13N3O.ClH/c12-4-5-14-8-10(7-13-14)9-2-1-3-11(15)6-9;/h1-3,6-8,15H,4-5,12H2;1H. The van der Waals surface area contributed by atoms with Gasteiger partial charge in [0.05, 0.1) is 12.7 Å². The Kier molecular flexibility index (Phi) is 4.34. The highest BCUT2D eigenvalue weighted by molar-refractivity contribution is 5.85. The molecule has 1 aromatic heterocycles. The van der Waals surface area contributed by atoms with Crippen molar-refractivity contribution in [1.29, 1.82) is 0 Å². The van der Waals surface area contributed by atoms with Gasteiger partial charge in [-0.3, -0.25) is 4.68 Å². The first-order chi connectivity index (χ1) is 7.29. The molecular weight excluding hydrogens is 226 g/mol. The van der Waals surface area contributed by atoms with E-state index in [-0.39, 0.29) is 18.2 Å². The van der Waals surface area contributed by atoms with Crippen LogP contribution in [-0.4, -0.2) is 21.4 Å². The summed E-state index contributed by atoms with van der Waals surface area (Å²) >= 11 is 0. The maximum absolute atomic E-state index is 9.34. The Bertz CT molecular complexity index is 456. The predicted octanol–water partition coefficient (Wildman–Crippen LogP) is 1.64.